The average Bonchev–Trinajstić information content (AvgIpc) is 2.42. The Morgan fingerprint density at radius 3 is 2.86 bits per heavy atom. The van der Waals surface area contributed by atoms with Crippen molar-refractivity contribution in [3.05, 3.63) is 23.9 Å². The van der Waals surface area contributed by atoms with E-state index >= 15 is 0 Å². The number of carboxylic acids is 1. The minimum Gasteiger partial charge on any atom is -0.480 e. The molecule has 0 aliphatic carbocycles. The van der Waals surface area contributed by atoms with Gasteiger partial charge in [-0.3, -0.25) is 4.79 Å². The molecule has 74 valence electrons. The Morgan fingerprint density at radius 1 is 1.79 bits per heavy atom. The van der Waals surface area contributed by atoms with Crippen molar-refractivity contribution < 1.29 is 9.90 Å². The summed E-state index contributed by atoms with van der Waals surface area (Å²) in [5.41, 5.74) is 1.64. The topological polar surface area (TPSA) is 54.6 Å². The van der Waals surface area contributed by atoms with Gasteiger partial charge in [0.2, 0.25) is 0 Å². The third kappa shape index (κ3) is 1.74. The van der Waals surface area contributed by atoms with Gasteiger partial charge in [-0.1, -0.05) is 12.7 Å². The van der Waals surface area contributed by atoms with Crippen molar-refractivity contribution in [2.75, 3.05) is 0 Å². The Kier molecular flexibility index (Phi) is 2.86. The van der Waals surface area contributed by atoms with Crippen LogP contribution in [-0.2, 0) is 11.3 Å². The number of aromatic nitrogens is 1. The smallest absolute Gasteiger partial charge is 0.323 e. The van der Waals surface area contributed by atoms with Gasteiger partial charge in [0.1, 0.15) is 12.4 Å². The Bertz CT molecular complexity index is 391. The highest BCUT2D eigenvalue weighted by Gasteiger charge is 2.11. The van der Waals surface area contributed by atoms with Gasteiger partial charge >= 0.3 is 5.97 Å². The molecule has 1 aromatic heterocycles. The fourth-order valence-electron chi connectivity index (χ4n) is 1.35. The van der Waals surface area contributed by atoms with E-state index in [9.17, 15) is 4.79 Å². The summed E-state index contributed by atoms with van der Waals surface area (Å²) >= 11 is 0. The molecule has 0 atom stereocenters. The van der Waals surface area contributed by atoms with Crippen molar-refractivity contribution >= 4 is 24.6 Å². The van der Waals surface area contributed by atoms with Crippen molar-refractivity contribution in [1.82, 2.24) is 4.57 Å². The molecule has 0 bridgehead atoms. The zero-order chi connectivity index (χ0) is 10.7. The lowest BCUT2D eigenvalue weighted by atomic mass is 10.3. The highest BCUT2D eigenvalue weighted by atomic mass is 16.4. The largest absolute Gasteiger partial charge is 0.480 e. The van der Waals surface area contributed by atoms with Crippen LogP contribution < -0.4 is 0 Å². The zero-order valence-corrected chi connectivity index (χ0v) is 8.03. The molecule has 0 aliphatic rings. The van der Waals surface area contributed by atoms with E-state index < -0.39 is 5.97 Å². The number of aryl methyl sites for hydroxylation is 1. The van der Waals surface area contributed by atoms with Gasteiger partial charge in [0.25, 0.3) is 0 Å². The predicted molar refractivity (Wildman–Crippen MR) is 56.1 cm³/mol. The van der Waals surface area contributed by atoms with E-state index in [4.69, 9.17) is 5.11 Å². The maximum absolute atomic E-state index is 10.6. The SMILES string of the molecule is C=Cc1cc(C)n(CC(=O)O)c1N=C. The second kappa shape index (κ2) is 3.91. The molecule has 0 fully saturated rings. The van der Waals surface area contributed by atoms with Crippen LogP contribution in [0.4, 0.5) is 5.82 Å². The molecular formula is C10H12N2O2. The molecule has 1 N–H and O–H groups in total. The summed E-state index contributed by atoms with van der Waals surface area (Å²) in [6, 6.07) is 1.83. The first-order valence-electron chi connectivity index (χ1n) is 4.11. The molecule has 0 saturated carbocycles. The van der Waals surface area contributed by atoms with Crippen LogP contribution >= 0.6 is 0 Å². The van der Waals surface area contributed by atoms with E-state index in [-0.39, 0.29) is 6.54 Å². The lowest BCUT2D eigenvalue weighted by Crippen LogP contribution is -2.09. The highest BCUT2D eigenvalue weighted by molar-refractivity contribution is 5.70. The van der Waals surface area contributed by atoms with Crippen molar-refractivity contribution in [3.8, 4) is 0 Å². The summed E-state index contributed by atoms with van der Waals surface area (Å²) in [4.78, 5) is 14.4. The normalized spacial score (nSPS) is 9.79. The Hall–Kier alpha value is -1.84. The molecule has 0 radical (unpaired) electrons. The molecule has 4 heteroatoms. The van der Waals surface area contributed by atoms with Gasteiger partial charge in [0.15, 0.2) is 0 Å². The summed E-state index contributed by atoms with van der Waals surface area (Å²) in [6.07, 6.45) is 1.63. The monoisotopic (exact) mass is 192 g/mol. The molecule has 0 unspecified atom stereocenters. The summed E-state index contributed by atoms with van der Waals surface area (Å²) < 4.78 is 1.59. The van der Waals surface area contributed by atoms with Gasteiger partial charge in [-0.15, -0.1) is 0 Å². The standard InChI is InChI=1S/C10H12N2O2/c1-4-8-5-7(2)12(6-9(13)14)10(8)11-3/h4-5H,1,3,6H2,2H3,(H,13,14). The maximum Gasteiger partial charge on any atom is 0.323 e. The number of aliphatic carboxylic acids is 1. The van der Waals surface area contributed by atoms with Crippen LogP contribution in [0, 0.1) is 6.92 Å². The Morgan fingerprint density at radius 2 is 2.43 bits per heavy atom. The third-order valence-electron chi connectivity index (χ3n) is 1.97. The molecule has 0 spiro atoms. The lowest BCUT2D eigenvalue weighted by molar-refractivity contribution is -0.137. The average molecular weight is 192 g/mol. The molecule has 4 nitrogen and oxygen atoms in total. The second-order valence-corrected chi connectivity index (χ2v) is 2.91. The van der Waals surface area contributed by atoms with Crippen LogP contribution in [0.1, 0.15) is 11.3 Å². The Balaban J connectivity index is 3.25. The molecule has 1 heterocycles. The van der Waals surface area contributed by atoms with Crippen molar-refractivity contribution in [2.45, 2.75) is 13.5 Å². The van der Waals surface area contributed by atoms with Crippen LogP contribution in [0.2, 0.25) is 0 Å². The first kappa shape index (κ1) is 10.2. The third-order valence-corrected chi connectivity index (χ3v) is 1.97. The summed E-state index contributed by atoms with van der Waals surface area (Å²) in [6.45, 7) is 8.75. The molecule has 0 aromatic carbocycles. The van der Waals surface area contributed by atoms with Crippen LogP contribution in [0.5, 0.6) is 0 Å². The van der Waals surface area contributed by atoms with E-state index in [0.717, 1.165) is 11.3 Å². The maximum atomic E-state index is 10.6. The number of carboxylic acid groups (broad SMARTS) is 1. The zero-order valence-electron chi connectivity index (χ0n) is 8.03. The number of aliphatic imine (C=N–C) groups is 1. The number of hydrogen-bond acceptors (Lipinski definition) is 2. The van der Waals surface area contributed by atoms with E-state index in [2.05, 4.69) is 18.3 Å². The quantitative estimate of drug-likeness (QED) is 0.740. The molecule has 1 rings (SSSR count). The fraction of sp³-hybridized carbons (Fsp3) is 0.200. The van der Waals surface area contributed by atoms with Crippen molar-refractivity contribution in [1.29, 1.82) is 0 Å². The summed E-state index contributed by atoms with van der Waals surface area (Å²) in [7, 11) is 0. The first-order valence-corrected chi connectivity index (χ1v) is 4.11. The minimum absolute atomic E-state index is 0.103. The van der Waals surface area contributed by atoms with E-state index in [1.54, 1.807) is 10.6 Å². The molecular weight excluding hydrogens is 180 g/mol. The van der Waals surface area contributed by atoms with Gasteiger partial charge in [0, 0.05) is 11.3 Å². The Labute approximate surface area is 82.2 Å². The van der Waals surface area contributed by atoms with Gasteiger partial charge in [-0.05, 0) is 19.7 Å². The second-order valence-electron chi connectivity index (χ2n) is 2.91. The molecule has 0 aliphatic heterocycles. The number of nitrogens with zero attached hydrogens (tertiary/aromatic N) is 2. The van der Waals surface area contributed by atoms with Gasteiger partial charge in [-0.25, -0.2) is 4.99 Å². The molecule has 1 aromatic rings. The highest BCUT2D eigenvalue weighted by Crippen LogP contribution is 2.24. The van der Waals surface area contributed by atoms with Crippen molar-refractivity contribution in [3.63, 3.8) is 0 Å². The molecule has 14 heavy (non-hydrogen) atoms. The van der Waals surface area contributed by atoms with Gasteiger partial charge < -0.3 is 9.67 Å². The number of hydrogen-bond donors (Lipinski definition) is 1. The van der Waals surface area contributed by atoms with Crippen LogP contribution in [0.25, 0.3) is 6.08 Å². The van der Waals surface area contributed by atoms with Gasteiger partial charge in [0.05, 0.1) is 0 Å². The predicted octanol–water partition coefficient (Wildman–Crippen LogP) is 1.86. The number of carbonyl (C=O) groups is 1. The lowest BCUT2D eigenvalue weighted by Gasteiger charge is -2.04. The summed E-state index contributed by atoms with van der Waals surface area (Å²) in [5, 5.41) is 8.68. The first-order chi connectivity index (χ1) is 6.60. The van der Waals surface area contributed by atoms with Crippen molar-refractivity contribution in [2.24, 2.45) is 4.99 Å². The summed E-state index contributed by atoms with van der Waals surface area (Å²) in [5.74, 6) is -0.343. The van der Waals surface area contributed by atoms with Crippen LogP contribution in [-0.4, -0.2) is 22.4 Å². The van der Waals surface area contributed by atoms with Gasteiger partial charge in [-0.2, -0.15) is 0 Å². The van der Waals surface area contributed by atoms with E-state index in [1.165, 1.54) is 0 Å². The molecule has 0 saturated heterocycles. The molecule has 0 amide bonds. The van der Waals surface area contributed by atoms with Crippen LogP contribution in [0.3, 0.4) is 0 Å². The minimum atomic E-state index is -0.899. The number of rotatable bonds is 4. The fourth-order valence-corrected chi connectivity index (χ4v) is 1.35. The van der Waals surface area contributed by atoms with E-state index in [0.29, 0.717) is 5.82 Å². The van der Waals surface area contributed by atoms with E-state index in [1.807, 2.05) is 13.0 Å². The van der Waals surface area contributed by atoms with Crippen LogP contribution in [0.15, 0.2) is 17.6 Å².